The van der Waals surface area contributed by atoms with Gasteiger partial charge >= 0.3 is 0 Å². The van der Waals surface area contributed by atoms with Crippen LogP contribution in [0.15, 0.2) is 35.5 Å². The van der Waals surface area contributed by atoms with E-state index in [0.717, 1.165) is 12.8 Å². The minimum absolute atomic E-state index is 0.150. The Morgan fingerprint density at radius 1 is 1.19 bits per heavy atom. The van der Waals surface area contributed by atoms with Gasteiger partial charge in [0.1, 0.15) is 0 Å². The number of aliphatic hydroxyl groups is 1. The molecule has 27 heavy (non-hydrogen) atoms. The van der Waals surface area contributed by atoms with Gasteiger partial charge in [0.15, 0.2) is 0 Å². The van der Waals surface area contributed by atoms with Crippen LogP contribution in [0.2, 0.25) is 0 Å². The summed E-state index contributed by atoms with van der Waals surface area (Å²) < 4.78 is 0. The Labute approximate surface area is 168 Å². The first-order chi connectivity index (χ1) is 13.0. The van der Waals surface area contributed by atoms with Crippen molar-refractivity contribution in [1.29, 1.82) is 0 Å². The zero-order valence-corrected chi connectivity index (χ0v) is 18.3. The van der Waals surface area contributed by atoms with Crippen LogP contribution in [0.4, 0.5) is 0 Å². The zero-order valence-electron chi connectivity index (χ0n) is 18.3. The largest absolute Gasteiger partial charge is 0.392 e. The third-order valence-electron chi connectivity index (χ3n) is 6.52. The monoisotopic (exact) mass is 373 g/mol. The highest BCUT2D eigenvalue weighted by Gasteiger charge is 2.42. The van der Waals surface area contributed by atoms with E-state index in [2.05, 4.69) is 57.1 Å². The zero-order chi connectivity index (χ0) is 19.6. The summed E-state index contributed by atoms with van der Waals surface area (Å²) in [5.74, 6) is 1.60. The average Bonchev–Trinajstić information content (AvgIpc) is 3.14. The number of allylic oxidation sites excluding steroid dienone is 5. The van der Waals surface area contributed by atoms with Crippen LogP contribution in [0.5, 0.6) is 0 Å². The van der Waals surface area contributed by atoms with Crippen molar-refractivity contribution < 1.29 is 5.11 Å². The molecule has 0 aromatic carbocycles. The van der Waals surface area contributed by atoms with Gasteiger partial charge in [-0.05, 0) is 83.8 Å². The lowest BCUT2D eigenvalue weighted by Gasteiger charge is -2.18. The second-order valence-corrected chi connectivity index (χ2v) is 9.02. The van der Waals surface area contributed by atoms with Gasteiger partial charge in [-0.25, -0.2) is 0 Å². The molecule has 0 unspecified atom stereocenters. The smallest absolute Gasteiger partial charge is 0.0611 e. The van der Waals surface area contributed by atoms with Gasteiger partial charge in [-0.2, -0.15) is 0 Å². The number of nitrogens with zero attached hydrogens (tertiary/aromatic N) is 1. The third-order valence-corrected chi connectivity index (χ3v) is 6.52. The number of rotatable bonds is 12. The molecule has 0 bridgehead atoms. The number of unbranched alkanes of at least 4 members (excludes halogenated alkanes) is 3. The fraction of sp³-hybridized carbons (Fsp3) is 0.760. The predicted molar refractivity (Wildman–Crippen MR) is 118 cm³/mol. The molecule has 2 aliphatic carbocycles. The summed E-state index contributed by atoms with van der Waals surface area (Å²) in [6.45, 7) is 5.71. The predicted octanol–water partition coefficient (Wildman–Crippen LogP) is 6.13. The quantitative estimate of drug-likeness (QED) is 0.252. The van der Waals surface area contributed by atoms with E-state index in [4.69, 9.17) is 0 Å². The van der Waals surface area contributed by atoms with Crippen LogP contribution in [0.3, 0.4) is 0 Å². The standard InChI is InChI=1S/C25H43NO/c1-5-7-12-20(6-2)14-11-15-23-24-18-21(17-22(24)19-25(23)27)13-9-8-10-16-26(3)4/h11,14-15,17,22-25,27H,5-10,12-13,16,18-19H2,1-4H3/b15-11+,20-14+/t22-,23+,24-,25+/m0/s1. The van der Waals surface area contributed by atoms with Crippen molar-refractivity contribution in [3.63, 3.8) is 0 Å². The molecule has 1 fully saturated rings. The summed E-state index contributed by atoms with van der Waals surface area (Å²) in [6, 6.07) is 0. The van der Waals surface area contributed by atoms with Gasteiger partial charge in [0, 0.05) is 5.92 Å². The number of fused-ring (bicyclic) bond motifs is 1. The van der Waals surface area contributed by atoms with Gasteiger partial charge in [0.05, 0.1) is 6.10 Å². The Morgan fingerprint density at radius 2 is 2.00 bits per heavy atom. The molecule has 0 spiro atoms. The van der Waals surface area contributed by atoms with Gasteiger partial charge in [0.25, 0.3) is 0 Å². The summed E-state index contributed by atoms with van der Waals surface area (Å²) in [6.07, 6.45) is 21.5. The van der Waals surface area contributed by atoms with Crippen molar-refractivity contribution in [3.8, 4) is 0 Å². The lowest BCUT2D eigenvalue weighted by molar-refractivity contribution is 0.141. The SMILES string of the molecule is CCCC/C(=C/C=C/[C@@H]1[C@H]2CC(CCCCCN(C)C)=C[C@H]2C[C@H]1O)CC. The highest BCUT2D eigenvalue weighted by molar-refractivity contribution is 5.22. The van der Waals surface area contributed by atoms with Gasteiger partial charge in [-0.1, -0.05) is 62.1 Å². The summed E-state index contributed by atoms with van der Waals surface area (Å²) >= 11 is 0. The van der Waals surface area contributed by atoms with Gasteiger partial charge in [0.2, 0.25) is 0 Å². The molecule has 0 amide bonds. The molecular formula is C25H43NO. The van der Waals surface area contributed by atoms with E-state index in [9.17, 15) is 5.11 Å². The van der Waals surface area contributed by atoms with Crippen molar-refractivity contribution in [3.05, 3.63) is 35.5 Å². The summed E-state index contributed by atoms with van der Waals surface area (Å²) in [5.41, 5.74) is 3.20. The second-order valence-electron chi connectivity index (χ2n) is 9.02. The van der Waals surface area contributed by atoms with E-state index in [1.54, 1.807) is 11.1 Å². The van der Waals surface area contributed by atoms with Gasteiger partial charge in [-0.15, -0.1) is 0 Å². The molecule has 2 heteroatoms. The Bertz CT molecular complexity index is 516. The molecule has 1 N–H and O–H groups in total. The topological polar surface area (TPSA) is 23.5 Å². The highest BCUT2D eigenvalue weighted by atomic mass is 16.3. The first-order valence-corrected chi connectivity index (χ1v) is 11.4. The summed E-state index contributed by atoms with van der Waals surface area (Å²) in [4.78, 5) is 2.28. The molecule has 0 radical (unpaired) electrons. The van der Waals surface area contributed by atoms with E-state index in [-0.39, 0.29) is 6.10 Å². The molecule has 0 aliphatic heterocycles. The molecule has 1 saturated carbocycles. The Kier molecular flexibility index (Phi) is 9.86. The first kappa shape index (κ1) is 22.4. The minimum atomic E-state index is -0.150. The maximum Gasteiger partial charge on any atom is 0.0611 e. The number of hydrogen-bond acceptors (Lipinski definition) is 2. The van der Waals surface area contributed by atoms with E-state index in [0.29, 0.717) is 17.8 Å². The van der Waals surface area contributed by atoms with Gasteiger partial charge in [-0.3, -0.25) is 0 Å². The third kappa shape index (κ3) is 7.23. The molecule has 0 heterocycles. The van der Waals surface area contributed by atoms with Crippen molar-refractivity contribution in [2.24, 2.45) is 17.8 Å². The molecule has 2 aliphatic rings. The van der Waals surface area contributed by atoms with Crippen LogP contribution < -0.4 is 0 Å². The van der Waals surface area contributed by atoms with Crippen molar-refractivity contribution in [2.75, 3.05) is 20.6 Å². The van der Waals surface area contributed by atoms with Crippen molar-refractivity contribution in [2.45, 2.75) is 84.2 Å². The van der Waals surface area contributed by atoms with Crippen LogP contribution in [0, 0.1) is 17.8 Å². The van der Waals surface area contributed by atoms with Crippen LogP contribution >= 0.6 is 0 Å². The summed E-state index contributed by atoms with van der Waals surface area (Å²) in [5, 5.41) is 10.5. The minimum Gasteiger partial charge on any atom is -0.392 e. The van der Waals surface area contributed by atoms with Gasteiger partial charge < -0.3 is 10.0 Å². The Morgan fingerprint density at radius 3 is 2.70 bits per heavy atom. The lowest BCUT2D eigenvalue weighted by atomic mass is 9.88. The maximum atomic E-state index is 10.5. The first-order valence-electron chi connectivity index (χ1n) is 11.4. The van der Waals surface area contributed by atoms with Crippen LogP contribution in [0.25, 0.3) is 0 Å². The molecular weight excluding hydrogens is 330 g/mol. The summed E-state index contributed by atoms with van der Waals surface area (Å²) in [7, 11) is 4.31. The van der Waals surface area contributed by atoms with Crippen molar-refractivity contribution >= 4 is 0 Å². The molecule has 4 atom stereocenters. The highest BCUT2D eigenvalue weighted by Crippen LogP contribution is 2.48. The molecule has 0 aromatic heterocycles. The van der Waals surface area contributed by atoms with E-state index >= 15 is 0 Å². The van der Waals surface area contributed by atoms with Crippen LogP contribution in [-0.4, -0.2) is 36.8 Å². The lowest BCUT2D eigenvalue weighted by Crippen LogP contribution is -2.17. The second kappa shape index (κ2) is 11.9. The Balaban J connectivity index is 1.81. The number of aliphatic hydroxyl groups excluding tert-OH is 1. The van der Waals surface area contributed by atoms with E-state index < -0.39 is 0 Å². The van der Waals surface area contributed by atoms with Crippen LogP contribution in [0.1, 0.15) is 78.1 Å². The molecule has 2 rings (SSSR count). The molecule has 0 aromatic rings. The van der Waals surface area contributed by atoms with E-state index in [1.807, 2.05) is 0 Å². The Hall–Kier alpha value is -0.860. The fourth-order valence-corrected chi connectivity index (χ4v) is 4.85. The molecule has 2 nitrogen and oxygen atoms in total. The molecule has 0 saturated heterocycles. The maximum absolute atomic E-state index is 10.5. The number of hydrogen-bond donors (Lipinski definition) is 1. The van der Waals surface area contributed by atoms with E-state index in [1.165, 1.54) is 57.9 Å². The fourth-order valence-electron chi connectivity index (χ4n) is 4.85. The van der Waals surface area contributed by atoms with Crippen molar-refractivity contribution in [1.82, 2.24) is 4.90 Å². The molecule has 154 valence electrons. The normalized spacial score (nSPS) is 28.4. The van der Waals surface area contributed by atoms with Crippen LogP contribution in [-0.2, 0) is 0 Å². The average molecular weight is 374 g/mol.